The van der Waals surface area contributed by atoms with Gasteiger partial charge in [0.1, 0.15) is 22.6 Å². The lowest BCUT2D eigenvalue weighted by Crippen LogP contribution is -2.61. The number of hydrogen-bond acceptors (Lipinski definition) is 5. The predicted molar refractivity (Wildman–Crippen MR) is 104 cm³/mol. The van der Waals surface area contributed by atoms with Crippen molar-refractivity contribution in [3.63, 3.8) is 0 Å². The van der Waals surface area contributed by atoms with Crippen LogP contribution in [-0.4, -0.2) is 41.6 Å². The number of halogens is 5. The van der Waals surface area contributed by atoms with Crippen LogP contribution in [0.4, 0.5) is 22.0 Å². The topological polar surface area (TPSA) is 49.1 Å². The summed E-state index contributed by atoms with van der Waals surface area (Å²) in [5.41, 5.74) is 0.676. The highest BCUT2D eigenvalue weighted by Crippen LogP contribution is 2.50. The van der Waals surface area contributed by atoms with Crippen LogP contribution in [0.15, 0.2) is 30.5 Å². The zero-order chi connectivity index (χ0) is 22.3. The van der Waals surface area contributed by atoms with Crippen molar-refractivity contribution in [2.45, 2.75) is 44.0 Å². The van der Waals surface area contributed by atoms with Crippen molar-refractivity contribution in [2.24, 2.45) is 5.41 Å². The molecule has 0 aliphatic carbocycles. The van der Waals surface area contributed by atoms with E-state index in [9.17, 15) is 22.0 Å². The molecule has 0 saturated carbocycles. The zero-order valence-electron chi connectivity index (χ0n) is 16.5. The van der Waals surface area contributed by atoms with Gasteiger partial charge >= 0.3 is 6.18 Å². The van der Waals surface area contributed by atoms with E-state index in [1.54, 1.807) is 12.1 Å². The van der Waals surface area contributed by atoms with E-state index < -0.39 is 35.1 Å². The van der Waals surface area contributed by atoms with Gasteiger partial charge in [-0.3, -0.25) is 4.90 Å². The number of likely N-dealkylation sites (tertiary alicyclic amines) is 1. The van der Waals surface area contributed by atoms with Crippen molar-refractivity contribution in [2.75, 3.05) is 19.7 Å². The Kier molecular flexibility index (Phi) is 5.79. The summed E-state index contributed by atoms with van der Waals surface area (Å²) in [6.45, 7) is 0.393. The summed E-state index contributed by atoms with van der Waals surface area (Å²) in [5, 5.41) is 9.23. The fraction of sp³-hybridized carbons (Fsp3) is 0.524. The average molecular weight is 457 g/mol. The fourth-order valence-corrected chi connectivity index (χ4v) is 5.26. The molecule has 4 nitrogen and oxygen atoms in total. The number of thiazole rings is 1. The van der Waals surface area contributed by atoms with Crippen LogP contribution in [0.1, 0.15) is 33.9 Å². The third kappa shape index (κ3) is 4.59. The third-order valence-electron chi connectivity index (χ3n) is 6.03. The molecule has 2 atom stereocenters. The molecule has 1 aromatic carbocycles. The van der Waals surface area contributed by atoms with Gasteiger partial charge in [0.05, 0.1) is 24.4 Å². The molecule has 0 radical (unpaired) electrons. The van der Waals surface area contributed by atoms with Gasteiger partial charge in [-0.25, -0.2) is 13.8 Å². The fourth-order valence-electron chi connectivity index (χ4n) is 4.43. The monoisotopic (exact) mass is 457 g/mol. The molecule has 0 unspecified atom stereocenters. The van der Waals surface area contributed by atoms with E-state index in [4.69, 9.17) is 10.00 Å². The Hall–Kier alpha value is -2.09. The van der Waals surface area contributed by atoms with Crippen molar-refractivity contribution in [3.05, 3.63) is 51.5 Å². The molecule has 3 heterocycles. The van der Waals surface area contributed by atoms with E-state index in [-0.39, 0.29) is 6.54 Å². The maximum Gasteiger partial charge on any atom is 0.427 e. The first-order valence-corrected chi connectivity index (χ1v) is 10.7. The average Bonchev–Trinajstić information content (AvgIpc) is 3.34. The number of hydrogen-bond donors (Lipinski definition) is 0. The highest BCUT2D eigenvalue weighted by Gasteiger charge is 2.61. The van der Waals surface area contributed by atoms with Gasteiger partial charge in [0.2, 0.25) is 0 Å². The minimum absolute atomic E-state index is 0.192. The molecule has 166 valence electrons. The van der Waals surface area contributed by atoms with Gasteiger partial charge in [-0.1, -0.05) is 12.1 Å². The smallest absolute Gasteiger partial charge is 0.365 e. The first-order valence-electron chi connectivity index (χ1n) is 9.84. The van der Waals surface area contributed by atoms with Crippen LogP contribution in [0.3, 0.4) is 0 Å². The number of benzene rings is 1. The van der Waals surface area contributed by atoms with Gasteiger partial charge in [-0.2, -0.15) is 18.4 Å². The molecule has 0 bridgehead atoms. The summed E-state index contributed by atoms with van der Waals surface area (Å²) in [5.74, 6) is -2.91. The number of rotatable bonds is 6. The molecule has 2 aliphatic rings. The lowest BCUT2D eigenvalue weighted by molar-refractivity contribution is -0.301. The van der Waals surface area contributed by atoms with Gasteiger partial charge in [0, 0.05) is 12.0 Å². The summed E-state index contributed by atoms with van der Waals surface area (Å²) >= 11 is 0.585. The van der Waals surface area contributed by atoms with Gasteiger partial charge in [0.15, 0.2) is 0 Å². The van der Waals surface area contributed by atoms with Crippen LogP contribution in [0.25, 0.3) is 0 Å². The maximum atomic E-state index is 14.3. The first-order chi connectivity index (χ1) is 14.6. The van der Waals surface area contributed by atoms with Gasteiger partial charge in [-0.05, 0) is 43.5 Å². The van der Waals surface area contributed by atoms with Crippen LogP contribution in [0.5, 0.6) is 0 Å². The number of aryl methyl sites for hydroxylation is 1. The standard InChI is InChI=1S/C21H20F5N3OS/c22-20(23)13-30-18(20)19(6-5-14-1-3-15(9-27)4-2-14)7-8-29(12-19)11-17-28-10-16(31-17)21(24,25)26/h1-4,10,18H,5-8,11-13H2/t18-,19-/m1/s1. The molecular formula is C21H20F5N3OS. The second-order valence-corrected chi connectivity index (χ2v) is 9.32. The van der Waals surface area contributed by atoms with E-state index in [1.165, 1.54) is 0 Å². The highest BCUT2D eigenvalue weighted by molar-refractivity contribution is 7.11. The first kappa shape index (κ1) is 22.1. The SMILES string of the molecule is N#Cc1ccc(CC[C@@]2([C@H]3OCC3(F)F)CCN(Cc3ncc(C(F)(F)F)s3)C2)cc1. The number of ether oxygens (including phenoxy) is 1. The second-order valence-electron chi connectivity index (χ2n) is 8.20. The molecule has 2 fully saturated rings. The Labute approximate surface area is 180 Å². The number of aromatic nitrogens is 1. The van der Waals surface area contributed by atoms with Gasteiger partial charge in [-0.15, -0.1) is 11.3 Å². The van der Waals surface area contributed by atoms with E-state index in [1.807, 2.05) is 23.1 Å². The van der Waals surface area contributed by atoms with E-state index >= 15 is 0 Å². The summed E-state index contributed by atoms with van der Waals surface area (Å²) in [7, 11) is 0. The lowest BCUT2D eigenvalue weighted by Gasteiger charge is -2.48. The highest BCUT2D eigenvalue weighted by atomic mass is 32.1. The Bertz CT molecular complexity index is 969. The summed E-state index contributed by atoms with van der Waals surface area (Å²) in [6, 6.07) is 9.05. The molecule has 1 aromatic heterocycles. The molecule has 4 rings (SSSR count). The van der Waals surface area contributed by atoms with Crippen molar-refractivity contribution < 1.29 is 26.7 Å². The Morgan fingerprint density at radius 1 is 1.26 bits per heavy atom. The molecule has 0 amide bonds. The van der Waals surface area contributed by atoms with Crippen LogP contribution in [-0.2, 0) is 23.9 Å². The minimum Gasteiger partial charge on any atom is -0.365 e. The number of nitrogens with zero attached hydrogens (tertiary/aromatic N) is 3. The van der Waals surface area contributed by atoms with Crippen molar-refractivity contribution in [3.8, 4) is 6.07 Å². The van der Waals surface area contributed by atoms with Gasteiger partial charge < -0.3 is 4.74 Å². The number of nitriles is 1. The molecule has 2 aromatic rings. The molecule has 0 N–H and O–H groups in total. The Balaban J connectivity index is 1.47. The predicted octanol–water partition coefficient (Wildman–Crippen LogP) is 4.89. The van der Waals surface area contributed by atoms with Crippen LogP contribution >= 0.6 is 11.3 Å². The molecule has 31 heavy (non-hydrogen) atoms. The summed E-state index contributed by atoms with van der Waals surface area (Å²) < 4.78 is 72.4. The third-order valence-corrected chi connectivity index (χ3v) is 7.06. The van der Waals surface area contributed by atoms with E-state index in [2.05, 4.69) is 4.98 Å². The minimum atomic E-state index is -4.44. The molecule has 2 saturated heterocycles. The van der Waals surface area contributed by atoms with Crippen LogP contribution in [0, 0.1) is 16.7 Å². The maximum absolute atomic E-state index is 14.3. The van der Waals surface area contributed by atoms with Crippen LogP contribution < -0.4 is 0 Å². The number of alkyl halides is 5. The van der Waals surface area contributed by atoms with Crippen LogP contribution in [0.2, 0.25) is 0 Å². The van der Waals surface area contributed by atoms with E-state index in [0.717, 1.165) is 11.8 Å². The Morgan fingerprint density at radius 2 is 2.00 bits per heavy atom. The second kappa shape index (κ2) is 8.11. The molecular weight excluding hydrogens is 437 g/mol. The zero-order valence-corrected chi connectivity index (χ0v) is 17.3. The Morgan fingerprint density at radius 3 is 2.55 bits per heavy atom. The van der Waals surface area contributed by atoms with Crippen molar-refractivity contribution in [1.82, 2.24) is 9.88 Å². The van der Waals surface area contributed by atoms with Crippen molar-refractivity contribution >= 4 is 11.3 Å². The summed E-state index contributed by atoms with van der Waals surface area (Å²) in [6.07, 6.45) is -3.34. The normalized spacial score (nSPS) is 25.9. The molecule has 2 aliphatic heterocycles. The van der Waals surface area contributed by atoms with Gasteiger partial charge in [0.25, 0.3) is 5.92 Å². The van der Waals surface area contributed by atoms with E-state index in [0.29, 0.717) is 54.3 Å². The summed E-state index contributed by atoms with van der Waals surface area (Å²) in [4.78, 5) is 4.99. The molecule has 10 heteroatoms. The van der Waals surface area contributed by atoms with Crippen molar-refractivity contribution in [1.29, 1.82) is 5.26 Å². The quantitative estimate of drug-likeness (QED) is 0.580. The largest absolute Gasteiger partial charge is 0.427 e. The lowest BCUT2D eigenvalue weighted by atomic mass is 9.72. The molecule has 0 spiro atoms.